The Hall–Kier alpha value is -3.46. The van der Waals surface area contributed by atoms with Crippen molar-refractivity contribution in [2.24, 2.45) is 5.92 Å². The van der Waals surface area contributed by atoms with Gasteiger partial charge in [-0.15, -0.1) is 0 Å². The normalized spacial score (nSPS) is 15.8. The van der Waals surface area contributed by atoms with E-state index in [1.165, 1.54) is 6.07 Å². The van der Waals surface area contributed by atoms with E-state index in [4.69, 9.17) is 9.47 Å². The molecule has 1 aliphatic rings. The molecule has 1 saturated heterocycles. The number of rotatable bonds is 7. The van der Waals surface area contributed by atoms with Gasteiger partial charge in [0.1, 0.15) is 11.4 Å². The van der Waals surface area contributed by atoms with Gasteiger partial charge >= 0.3 is 6.09 Å². The summed E-state index contributed by atoms with van der Waals surface area (Å²) < 4.78 is 14.1. The van der Waals surface area contributed by atoms with E-state index in [9.17, 15) is 9.59 Å². The number of amides is 1. The Morgan fingerprint density at radius 3 is 3.00 bits per heavy atom. The van der Waals surface area contributed by atoms with Crippen LogP contribution in [0.25, 0.3) is 5.69 Å². The third-order valence-electron chi connectivity index (χ3n) is 5.10. The number of nitrogens with one attached hydrogen (secondary N) is 1. The molecule has 1 aromatic carbocycles. The second-order valence-electron chi connectivity index (χ2n) is 8.26. The fourth-order valence-corrected chi connectivity index (χ4v) is 3.44. The molecule has 0 radical (unpaired) electrons. The van der Waals surface area contributed by atoms with Crippen molar-refractivity contribution in [3.05, 3.63) is 70.4 Å². The lowest BCUT2D eigenvalue weighted by Gasteiger charge is -2.10. The Kier molecular flexibility index (Phi) is 6.65. The predicted octanol–water partition coefficient (Wildman–Crippen LogP) is 3.19. The Balaban J connectivity index is 1.48. The molecule has 1 unspecified atom stereocenters. The molecule has 168 valence electrons. The smallest absolute Gasteiger partial charge is 0.411 e. The Labute approximate surface area is 186 Å². The van der Waals surface area contributed by atoms with Crippen LogP contribution in [0.3, 0.4) is 0 Å². The first-order valence-electron chi connectivity index (χ1n) is 10.7. The number of benzene rings is 1. The number of hydrogen-bond donors (Lipinski definition) is 1. The van der Waals surface area contributed by atoms with Crippen LogP contribution in [0, 0.1) is 5.92 Å². The maximum absolute atomic E-state index is 12.4. The highest BCUT2D eigenvalue weighted by molar-refractivity contribution is 5.84. The number of hydrogen-bond acceptors (Lipinski definition) is 6. The van der Waals surface area contributed by atoms with Crippen molar-refractivity contribution in [2.45, 2.75) is 32.7 Å². The Bertz CT molecular complexity index is 1130. The van der Waals surface area contributed by atoms with Gasteiger partial charge < -0.3 is 9.47 Å². The van der Waals surface area contributed by atoms with Gasteiger partial charge in [0.15, 0.2) is 0 Å². The first-order valence-corrected chi connectivity index (χ1v) is 10.7. The van der Waals surface area contributed by atoms with Gasteiger partial charge in [0.2, 0.25) is 5.43 Å². The van der Waals surface area contributed by atoms with E-state index >= 15 is 0 Å². The van der Waals surface area contributed by atoms with Crippen molar-refractivity contribution in [3.63, 3.8) is 0 Å². The number of ether oxygens (including phenoxy) is 2. The summed E-state index contributed by atoms with van der Waals surface area (Å²) in [6, 6.07) is 9.03. The van der Waals surface area contributed by atoms with E-state index in [-0.39, 0.29) is 17.4 Å². The summed E-state index contributed by atoms with van der Waals surface area (Å²) in [6.45, 7) is 5.69. The zero-order valence-corrected chi connectivity index (χ0v) is 18.2. The molecule has 1 aliphatic heterocycles. The predicted molar refractivity (Wildman–Crippen MR) is 119 cm³/mol. The third kappa shape index (κ3) is 5.42. The molecule has 4 rings (SSSR count). The minimum Gasteiger partial charge on any atom is -0.449 e. The highest BCUT2D eigenvalue weighted by Gasteiger charge is 2.18. The molecule has 0 aliphatic carbocycles. The van der Waals surface area contributed by atoms with Gasteiger partial charge in [-0.05, 0) is 30.0 Å². The Morgan fingerprint density at radius 1 is 1.34 bits per heavy atom. The second-order valence-corrected chi connectivity index (χ2v) is 8.26. The molecule has 3 heterocycles. The molecule has 9 nitrogen and oxygen atoms in total. The molecule has 1 fully saturated rings. The summed E-state index contributed by atoms with van der Waals surface area (Å²) in [5.74, 6) is 0.261. The van der Waals surface area contributed by atoms with Crippen LogP contribution in [-0.4, -0.2) is 45.5 Å². The van der Waals surface area contributed by atoms with E-state index in [0.29, 0.717) is 31.0 Å². The van der Waals surface area contributed by atoms with Crippen LogP contribution in [0.2, 0.25) is 0 Å². The summed E-state index contributed by atoms with van der Waals surface area (Å²) >= 11 is 0. The fourth-order valence-electron chi connectivity index (χ4n) is 3.44. The topological polar surface area (TPSA) is 100 Å². The van der Waals surface area contributed by atoms with Gasteiger partial charge in [-0.1, -0.05) is 26.0 Å². The van der Waals surface area contributed by atoms with Crippen LogP contribution < -0.4 is 10.7 Å². The van der Waals surface area contributed by atoms with Gasteiger partial charge in [-0.25, -0.2) is 9.48 Å². The summed E-state index contributed by atoms with van der Waals surface area (Å²) in [5, 5.41) is 11.7. The van der Waals surface area contributed by atoms with Gasteiger partial charge in [0, 0.05) is 31.0 Å². The minimum absolute atomic E-state index is 0.146. The lowest BCUT2D eigenvalue weighted by atomic mass is 10.1. The summed E-state index contributed by atoms with van der Waals surface area (Å²) in [5.41, 5.74) is 2.50. The Morgan fingerprint density at radius 2 is 2.22 bits per heavy atom. The second kappa shape index (κ2) is 9.78. The van der Waals surface area contributed by atoms with Crippen LogP contribution in [0.1, 0.15) is 37.6 Å². The quantitative estimate of drug-likeness (QED) is 0.609. The largest absolute Gasteiger partial charge is 0.449 e. The van der Waals surface area contributed by atoms with E-state index in [2.05, 4.69) is 15.5 Å². The van der Waals surface area contributed by atoms with Gasteiger partial charge in [0.05, 0.1) is 31.6 Å². The van der Waals surface area contributed by atoms with Gasteiger partial charge in [0.25, 0.3) is 0 Å². The third-order valence-corrected chi connectivity index (χ3v) is 5.10. The van der Waals surface area contributed by atoms with Crippen molar-refractivity contribution in [3.8, 4) is 5.69 Å². The highest BCUT2D eigenvalue weighted by Crippen LogP contribution is 2.19. The van der Waals surface area contributed by atoms with Crippen molar-refractivity contribution >= 4 is 11.8 Å². The van der Waals surface area contributed by atoms with Crippen molar-refractivity contribution < 1.29 is 14.3 Å². The molecule has 9 heteroatoms. The summed E-state index contributed by atoms with van der Waals surface area (Å²) in [6.07, 6.45) is 6.04. The lowest BCUT2D eigenvalue weighted by molar-refractivity contribution is 0.147. The molecular weight excluding hydrogens is 410 g/mol. The molecule has 0 saturated carbocycles. The van der Waals surface area contributed by atoms with Gasteiger partial charge in [-0.3, -0.25) is 14.8 Å². The van der Waals surface area contributed by atoms with Gasteiger partial charge in [-0.2, -0.15) is 10.2 Å². The first kappa shape index (κ1) is 21.8. The monoisotopic (exact) mass is 437 g/mol. The molecule has 2 aromatic heterocycles. The van der Waals surface area contributed by atoms with E-state index in [1.807, 2.05) is 42.9 Å². The summed E-state index contributed by atoms with van der Waals surface area (Å²) in [7, 11) is 0. The van der Waals surface area contributed by atoms with Crippen LogP contribution in [0.4, 0.5) is 10.5 Å². The number of nitrogens with zero attached hydrogens (tertiary/aromatic N) is 4. The average Bonchev–Trinajstić information content (AvgIpc) is 3.46. The van der Waals surface area contributed by atoms with Crippen molar-refractivity contribution in [1.29, 1.82) is 0 Å². The first-order chi connectivity index (χ1) is 15.5. The van der Waals surface area contributed by atoms with E-state index in [1.54, 1.807) is 23.1 Å². The van der Waals surface area contributed by atoms with Crippen molar-refractivity contribution in [1.82, 2.24) is 19.6 Å². The standard InChI is InChI=1S/C23H27N5O4/c1-16(2)14-32-23(30)25-18-5-3-4-17(10-18)11-21-22(29)6-8-27(26-21)20-12-24-28(13-20)19-7-9-31-15-19/h3-6,8,10,12-13,16,19H,7,9,11,14-15H2,1-2H3,(H,25,30). The molecule has 0 bridgehead atoms. The zero-order valence-electron chi connectivity index (χ0n) is 18.2. The van der Waals surface area contributed by atoms with E-state index in [0.717, 1.165) is 24.3 Å². The SMILES string of the molecule is CC(C)COC(=O)Nc1cccc(Cc2nn(-c3cnn(C4CCOC4)c3)ccc2=O)c1. The summed E-state index contributed by atoms with van der Waals surface area (Å²) in [4.78, 5) is 24.4. The zero-order chi connectivity index (χ0) is 22.5. The number of carbonyl (C=O) groups excluding carboxylic acids is 1. The van der Waals surface area contributed by atoms with Crippen LogP contribution in [0.15, 0.2) is 53.7 Å². The lowest BCUT2D eigenvalue weighted by Crippen LogP contribution is -2.17. The number of carbonyl (C=O) groups is 1. The molecule has 1 N–H and O–H groups in total. The van der Waals surface area contributed by atoms with Crippen LogP contribution in [-0.2, 0) is 15.9 Å². The molecule has 3 aromatic rings. The molecule has 0 spiro atoms. The number of anilines is 1. The number of aromatic nitrogens is 4. The van der Waals surface area contributed by atoms with E-state index < -0.39 is 6.09 Å². The maximum Gasteiger partial charge on any atom is 0.411 e. The average molecular weight is 438 g/mol. The minimum atomic E-state index is -0.499. The molecular formula is C23H27N5O4. The van der Waals surface area contributed by atoms with Crippen LogP contribution >= 0.6 is 0 Å². The highest BCUT2D eigenvalue weighted by atomic mass is 16.5. The molecule has 1 atom stereocenters. The molecule has 1 amide bonds. The maximum atomic E-state index is 12.4. The fraction of sp³-hybridized carbons (Fsp3) is 0.391. The van der Waals surface area contributed by atoms with Crippen LogP contribution in [0.5, 0.6) is 0 Å². The molecule has 32 heavy (non-hydrogen) atoms. The van der Waals surface area contributed by atoms with Crippen molar-refractivity contribution in [2.75, 3.05) is 25.1 Å².